The molecule has 2 aromatic rings. The van der Waals surface area contributed by atoms with Gasteiger partial charge in [-0.25, -0.2) is 8.42 Å². The van der Waals surface area contributed by atoms with Gasteiger partial charge in [-0.3, -0.25) is 4.79 Å². The summed E-state index contributed by atoms with van der Waals surface area (Å²) >= 11 is 1.09. The molecule has 0 radical (unpaired) electrons. The summed E-state index contributed by atoms with van der Waals surface area (Å²) in [6, 6.07) is 9.37. The van der Waals surface area contributed by atoms with E-state index < -0.39 is 10.0 Å². The minimum Gasteiger partial charge on any atom is -0.379 e. The Kier molecular flexibility index (Phi) is 5.76. The molecule has 0 bridgehead atoms. The zero-order valence-electron chi connectivity index (χ0n) is 14.8. The summed E-state index contributed by atoms with van der Waals surface area (Å²) in [4.78, 5) is 14.3. The molecular formula is C18H22N2O4S2. The first kappa shape index (κ1) is 19.0. The number of thiophene rings is 1. The third kappa shape index (κ3) is 3.98. The number of amides is 1. The van der Waals surface area contributed by atoms with Crippen molar-refractivity contribution >= 4 is 27.3 Å². The van der Waals surface area contributed by atoms with Crippen molar-refractivity contribution in [2.45, 2.75) is 17.7 Å². The van der Waals surface area contributed by atoms with Crippen LogP contribution in [0.25, 0.3) is 0 Å². The number of carbonyl (C=O) groups excluding carboxylic acids is 1. The zero-order chi connectivity index (χ0) is 18.7. The number of carbonyl (C=O) groups is 1. The Morgan fingerprint density at radius 3 is 2.65 bits per heavy atom. The molecule has 1 aromatic carbocycles. The van der Waals surface area contributed by atoms with Gasteiger partial charge in [0, 0.05) is 32.1 Å². The zero-order valence-corrected chi connectivity index (χ0v) is 16.5. The van der Waals surface area contributed by atoms with Crippen LogP contribution in [0.2, 0.25) is 0 Å². The molecule has 0 aliphatic carbocycles. The topological polar surface area (TPSA) is 66.9 Å². The lowest BCUT2D eigenvalue weighted by Crippen LogP contribution is -2.40. The minimum absolute atomic E-state index is 0.187. The second-order valence-corrected chi connectivity index (χ2v) is 9.33. The first-order valence-electron chi connectivity index (χ1n) is 8.36. The van der Waals surface area contributed by atoms with Gasteiger partial charge in [0.2, 0.25) is 0 Å². The lowest BCUT2D eigenvalue weighted by molar-refractivity contribution is 0.0731. The lowest BCUT2D eigenvalue weighted by Gasteiger charge is -2.25. The monoisotopic (exact) mass is 394 g/mol. The fourth-order valence-corrected chi connectivity index (χ4v) is 5.53. The largest absolute Gasteiger partial charge is 0.379 e. The number of nitrogens with zero attached hydrogens (tertiary/aromatic N) is 2. The summed E-state index contributed by atoms with van der Waals surface area (Å²) in [5.74, 6) is -0.187. The second kappa shape index (κ2) is 7.87. The second-order valence-electron chi connectivity index (χ2n) is 6.26. The minimum atomic E-state index is -3.56. The molecule has 1 aliphatic rings. The summed E-state index contributed by atoms with van der Waals surface area (Å²) in [6.07, 6.45) is 0. The highest BCUT2D eigenvalue weighted by molar-refractivity contribution is 7.91. The average Bonchev–Trinajstić information content (AvgIpc) is 3.14. The van der Waals surface area contributed by atoms with Crippen molar-refractivity contribution in [2.24, 2.45) is 0 Å². The molecule has 6 nitrogen and oxygen atoms in total. The molecule has 1 fully saturated rings. The van der Waals surface area contributed by atoms with Crippen LogP contribution in [0.15, 0.2) is 39.9 Å². The van der Waals surface area contributed by atoms with E-state index in [1.54, 1.807) is 17.3 Å². The average molecular weight is 395 g/mol. The van der Waals surface area contributed by atoms with Gasteiger partial charge in [0.25, 0.3) is 15.9 Å². The van der Waals surface area contributed by atoms with Crippen LogP contribution in [0, 0.1) is 6.92 Å². The van der Waals surface area contributed by atoms with Crippen LogP contribution in [0.1, 0.15) is 21.5 Å². The summed E-state index contributed by atoms with van der Waals surface area (Å²) < 4.78 is 32.2. The molecule has 3 rings (SSSR count). The van der Waals surface area contributed by atoms with E-state index >= 15 is 0 Å². The van der Waals surface area contributed by atoms with Crippen molar-refractivity contribution in [2.75, 3.05) is 33.4 Å². The highest BCUT2D eigenvalue weighted by Gasteiger charge is 2.28. The van der Waals surface area contributed by atoms with Gasteiger partial charge >= 0.3 is 0 Å². The van der Waals surface area contributed by atoms with Crippen LogP contribution in [-0.2, 0) is 21.3 Å². The van der Waals surface area contributed by atoms with Gasteiger partial charge in [0.05, 0.1) is 18.8 Å². The Bertz CT molecular complexity index is 886. The Morgan fingerprint density at radius 2 is 1.96 bits per heavy atom. The standard InChI is InChI=1S/C18H22N2O4S2/c1-14-5-3-4-6-15(14)12-19(2)18(21)16-11-17(25-13-16)26(22,23)20-7-9-24-10-8-20/h3-6,11,13H,7-10,12H2,1-2H3. The van der Waals surface area contributed by atoms with Crippen molar-refractivity contribution in [3.8, 4) is 0 Å². The van der Waals surface area contributed by atoms with Crippen molar-refractivity contribution in [1.29, 1.82) is 0 Å². The molecule has 1 aromatic heterocycles. The van der Waals surface area contributed by atoms with Crippen LogP contribution >= 0.6 is 11.3 Å². The number of rotatable bonds is 5. The number of hydrogen-bond acceptors (Lipinski definition) is 5. The summed E-state index contributed by atoms with van der Waals surface area (Å²) in [7, 11) is -1.84. The molecule has 1 amide bonds. The van der Waals surface area contributed by atoms with E-state index in [4.69, 9.17) is 4.74 Å². The number of benzene rings is 1. The molecule has 2 heterocycles. The molecule has 0 saturated carbocycles. The first-order chi connectivity index (χ1) is 12.4. The number of ether oxygens (including phenoxy) is 1. The van der Waals surface area contributed by atoms with Gasteiger partial charge in [-0.15, -0.1) is 11.3 Å². The van der Waals surface area contributed by atoms with E-state index in [1.165, 1.54) is 10.4 Å². The predicted molar refractivity (Wildman–Crippen MR) is 101 cm³/mol. The lowest BCUT2D eigenvalue weighted by atomic mass is 10.1. The maximum absolute atomic E-state index is 12.7. The third-order valence-corrected chi connectivity index (χ3v) is 7.72. The van der Waals surface area contributed by atoms with E-state index in [0.717, 1.165) is 22.5 Å². The van der Waals surface area contributed by atoms with Crippen molar-refractivity contribution in [3.05, 3.63) is 52.4 Å². The predicted octanol–water partition coefficient (Wildman–Crippen LogP) is 2.35. The molecule has 0 atom stereocenters. The fourth-order valence-electron chi connectivity index (χ4n) is 2.81. The van der Waals surface area contributed by atoms with Crippen molar-refractivity contribution in [3.63, 3.8) is 0 Å². The maximum Gasteiger partial charge on any atom is 0.254 e. The fraction of sp³-hybridized carbons (Fsp3) is 0.389. The molecule has 0 spiro atoms. The summed E-state index contributed by atoms with van der Waals surface area (Å²) in [5, 5.41) is 1.62. The molecule has 140 valence electrons. The number of morpholine rings is 1. The highest BCUT2D eigenvalue weighted by Crippen LogP contribution is 2.25. The SMILES string of the molecule is Cc1ccccc1CN(C)C(=O)c1csc(S(=O)(=O)N2CCOCC2)c1. The van der Waals surface area contributed by atoms with E-state index in [9.17, 15) is 13.2 Å². The summed E-state index contributed by atoms with van der Waals surface area (Å²) in [5.41, 5.74) is 2.59. The van der Waals surface area contributed by atoms with Gasteiger partial charge < -0.3 is 9.64 Å². The van der Waals surface area contributed by atoms with E-state index in [-0.39, 0.29) is 10.1 Å². The normalized spacial score (nSPS) is 15.8. The Labute approximate surface area is 158 Å². The highest BCUT2D eigenvalue weighted by atomic mass is 32.2. The van der Waals surface area contributed by atoms with Crippen LogP contribution < -0.4 is 0 Å². The molecule has 0 unspecified atom stereocenters. The molecule has 26 heavy (non-hydrogen) atoms. The van der Waals surface area contributed by atoms with Crippen LogP contribution in [0.3, 0.4) is 0 Å². The number of aryl methyl sites for hydroxylation is 1. The van der Waals surface area contributed by atoms with E-state index in [1.807, 2.05) is 31.2 Å². The third-order valence-electron chi connectivity index (χ3n) is 4.40. The first-order valence-corrected chi connectivity index (χ1v) is 10.7. The quantitative estimate of drug-likeness (QED) is 0.781. The van der Waals surface area contributed by atoms with Gasteiger partial charge in [-0.05, 0) is 24.1 Å². The van der Waals surface area contributed by atoms with Crippen LogP contribution in [0.5, 0.6) is 0 Å². The van der Waals surface area contributed by atoms with E-state index in [2.05, 4.69) is 0 Å². The Hall–Kier alpha value is -1.74. The van der Waals surface area contributed by atoms with Crippen molar-refractivity contribution < 1.29 is 17.9 Å². The molecule has 8 heteroatoms. The van der Waals surface area contributed by atoms with E-state index in [0.29, 0.717) is 38.4 Å². The number of sulfonamides is 1. The van der Waals surface area contributed by atoms with Crippen molar-refractivity contribution in [1.82, 2.24) is 9.21 Å². The number of hydrogen-bond donors (Lipinski definition) is 0. The maximum atomic E-state index is 12.7. The van der Waals surface area contributed by atoms with Crippen LogP contribution in [0.4, 0.5) is 0 Å². The molecule has 1 aliphatic heterocycles. The molecular weight excluding hydrogens is 372 g/mol. The van der Waals surface area contributed by atoms with Gasteiger partial charge in [0.15, 0.2) is 0 Å². The Morgan fingerprint density at radius 1 is 1.27 bits per heavy atom. The smallest absolute Gasteiger partial charge is 0.254 e. The van der Waals surface area contributed by atoms with Gasteiger partial charge in [-0.1, -0.05) is 24.3 Å². The summed E-state index contributed by atoms with van der Waals surface area (Å²) in [6.45, 7) is 3.97. The van der Waals surface area contributed by atoms with Gasteiger partial charge in [-0.2, -0.15) is 4.31 Å². The molecule has 1 saturated heterocycles. The van der Waals surface area contributed by atoms with Gasteiger partial charge in [0.1, 0.15) is 4.21 Å². The van der Waals surface area contributed by atoms with Crippen LogP contribution in [-0.4, -0.2) is 56.9 Å². The molecule has 0 N–H and O–H groups in total. The Balaban J connectivity index is 1.74.